The topological polar surface area (TPSA) is 53.9 Å². The van der Waals surface area contributed by atoms with E-state index in [0.717, 1.165) is 16.0 Å². The molecule has 0 aromatic heterocycles. The Morgan fingerprint density at radius 1 is 0.962 bits per heavy atom. The summed E-state index contributed by atoms with van der Waals surface area (Å²) >= 11 is 0. The maximum absolute atomic E-state index is 12.8. The minimum atomic E-state index is -0.339. The predicted molar refractivity (Wildman–Crippen MR) is 103 cm³/mol. The van der Waals surface area contributed by atoms with Crippen LogP contribution in [0.1, 0.15) is 24.1 Å². The molecule has 0 aliphatic carbocycles. The molecule has 2 rings (SSSR count). The number of carbonyl (C=O) groups is 2. The number of hydrogen-bond donors (Lipinski definition) is 2. The van der Waals surface area contributed by atoms with Gasteiger partial charge in [-0.1, -0.05) is 60.7 Å². The molecule has 138 valence electrons. The van der Waals surface area contributed by atoms with Crippen molar-refractivity contribution in [2.75, 3.05) is 27.7 Å². The van der Waals surface area contributed by atoms with Crippen LogP contribution in [-0.4, -0.2) is 50.4 Å². The number of carbonyl (C=O) groups excluding carboxylic acids is 2. The van der Waals surface area contributed by atoms with E-state index in [4.69, 9.17) is 0 Å². The molecular weight excluding hydrogens is 326 g/mol. The second-order valence-electron chi connectivity index (χ2n) is 6.80. The van der Waals surface area contributed by atoms with Crippen LogP contribution in [0.3, 0.4) is 0 Å². The van der Waals surface area contributed by atoms with E-state index in [-0.39, 0.29) is 30.4 Å². The van der Waals surface area contributed by atoms with Crippen LogP contribution in [0, 0.1) is 0 Å². The Morgan fingerprint density at radius 3 is 1.85 bits per heavy atom. The summed E-state index contributed by atoms with van der Waals surface area (Å²) in [5, 5.41) is 3.15. The number of hydrogen-bond acceptors (Lipinski definition) is 2. The Bertz CT molecular complexity index is 677. The Balaban J connectivity index is 2.15. The van der Waals surface area contributed by atoms with E-state index in [2.05, 4.69) is 5.32 Å². The first-order chi connectivity index (χ1) is 12.4. The van der Waals surface area contributed by atoms with Gasteiger partial charge in [0.1, 0.15) is 0 Å². The summed E-state index contributed by atoms with van der Waals surface area (Å²) in [5.41, 5.74) is 2.06. The smallest absolute Gasteiger partial charge is 0.278 e. The van der Waals surface area contributed by atoms with Gasteiger partial charge < -0.3 is 15.1 Å². The Kier molecular flexibility index (Phi) is 6.92. The van der Waals surface area contributed by atoms with Crippen LogP contribution in [0.15, 0.2) is 60.7 Å². The molecule has 26 heavy (non-hydrogen) atoms. The van der Waals surface area contributed by atoms with Crippen LogP contribution < -0.4 is 10.2 Å². The standard InChI is InChI=1S/C21H27N3O2/c1-16(24(4)15-19(25)23(2)3)21(26)22-20(17-11-7-5-8-12-17)18-13-9-6-10-14-18/h5-14,16,20H,15H2,1-4H3,(H,22,26)/p+1/t16-/m1/s1. The summed E-state index contributed by atoms with van der Waals surface area (Å²) in [4.78, 5) is 27.2. The van der Waals surface area contributed by atoms with Gasteiger partial charge in [0.25, 0.3) is 11.8 Å². The Hall–Kier alpha value is -2.66. The quantitative estimate of drug-likeness (QED) is 0.776. The highest BCUT2D eigenvalue weighted by Crippen LogP contribution is 2.21. The fraction of sp³-hybridized carbons (Fsp3) is 0.333. The third-order valence-corrected chi connectivity index (χ3v) is 4.61. The number of amides is 2. The van der Waals surface area contributed by atoms with Crippen molar-refractivity contribution in [3.63, 3.8) is 0 Å². The molecule has 2 aromatic carbocycles. The molecule has 2 amide bonds. The molecule has 0 saturated carbocycles. The first-order valence-corrected chi connectivity index (χ1v) is 8.83. The fourth-order valence-electron chi connectivity index (χ4n) is 2.69. The maximum Gasteiger partial charge on any atom is 0.278 e. The van der Waals surface area contributed by atoms with Crippen molar-refractivity contribution in [2.45, 2.75) is 19.0 Å². The summed E-state index contributed by atoms with van der Waals surface area (Å²) in [6, 6.07) is 19.3. The molecule has 0 bridgehead atoms. The number of quaternary nitrogens is 1. The molecule has 0 fully saturated rings. The minimum Gasteiger partial charge on any atom is -0.344 e. The largest absolute Gasteiger partial charge is 0.344 e. The molecule has 5 heteroatoms. The fourth-order valence-corrected chi connectivity index (χ4v) is 2.69. The van der Waals surface area contributed by atoms with Crippen LogP contribution in [0.4, 0.5) is 0 Å². The molecule has 0 saturated heterocycles. The second kappa shape index (κ2) is 9.15. The molecule has 2 aromatic rings. The number of likely N-dealkylation sites (N-methyl/N-ethyl adjacent to an activating group) is 2. The zero-order valence-electron chi connectivity index (χ0n) is 15.9. The first-order valence-electron chi connectivity index (χ1n) is 8.83. The van der Waals surface area contributed by atoms with Gasteiger partial charge in [0.05, 0.1) is 13.1 Å². The Morgan fingerprint density at radius 2 is 1.42 bits per heavy atom. The third kappa shape index (κ3) is 5.17. The summed E-state index contributed by atoms with van der Waals surface area (Å²) < 4.78 is 0. The highest BCUT2D eigenvalue weighted by atomic mass is 16.2. The average molecular weight is 354 g/mol. The molecular formula is C21H28N3O2+. The highest BCUT2D eigenvalue weighted by Gasteiger charge is 2.27. The van der Waals surface area contributed by atoms with E-state index in [1.54, 1.807) is 19.0 Å². The van der Waals surface area contributed by atoms with Crippen LogP contribution in [-0.2, 0) is 9.59 Å². The Labute approximate surface area is 155 Å². The highest BCUT2D eigenvalue weighted by molar-refractivity contribution is 5.81. The van der Waals surface area contributed by atoms with Crippen molar-refractivity contribution in [1.29, 1.82) is 0 Å². The molecule has 0 radical (unpaired) electrons. The van der Waals surface area contributed by atoms with E-state index in [1.807, 2.05) is 74.6 Å². The molecule has 0 aliphatic heterocycles. The lowest BCUT2D eigenvalue weighted by molar-refractivity contribution is -0.886. The van der Waals surface area contributed by atoms with Crippen molar-refractivity contribution in [2.24, 2.45) is 0 Å². The first kappa shape index (κ1) is 19.7. The van der Waals surface area contributed by atoms with Gasteiger partial charge in [-0.05, 0) is 18.1 Å². The van der Waals surface area contributed by atoms with Crippen molar-refractivity contribution in [3.05, 3.63) is 71.8 Å². The lowest BCUT2D eigenvalue weighted by atomic mass is 9.98. The summed E-state index contributed by atoms with van der Waals surface area (Å²) in [6.45, 7) is 2.13. The third-order valence-electron chi connectivity index (χ3n) is 4.61. The minimum absolute atomic E-state index is 0.00446. The SMILES string of the molecule is C[C@H](C(=O)NC(c1ccccc1)c1ccccc1)[NH+](C)CC(=O)N(C)C. The molecule has 2 N–H and O–H groups in total. The van der Waals surface area contributed by atoms with Gasteiger partial charge in [-0.25, -0.2) is 0 Å². The molecule has 0 heterocycles. The predicted octanol–water partition coefficient (Wildman–Crippen LogP) is 0.884. The van der Waals surface area contributed by atoms with E-state index in [9.17, 15) is 9.59 Å². The number of nitrogens with zero attached hydrogens (tertiary/aromatic N) is 1. The van der Waals surface area contributed by atoms with Crippen molar-refractivity contribution in [3.8, 4) is 0 Å². The van der Waals surface area contributed by atoms with Gasteiger partial charge in [0.2, 0.25) is 0 Å². The van der Waals surface area contributed by atoms with E-state index in [0.29, 0.717) is 0 Å². The zero-order chi connectivity index (χ0) is 19.1. The monoisotopic (exact) mass is 354 g/mol. The summed E-state index contributed by atoms with van der Waals surface area (Å²) in [6.07, 6.45) is 0. The number of benzene rings is 2. The van der Waals surface area contributed by atoms with E-state index < -0.39 is 0 Å². The van der Waals surface area contributed by atoms with Gasteiger partial charge in [0.15, 0.2) is 12.6 Å². The molecule has 0 spiro atoms. The molecule has 1 unspecified atom stereocenters. The lowest BCUT2D eigenvalue weighted by Gasteiger charge is -2.25. The molecule has 0 aliphatic rings. The maximum atomic E-state index is 12.8. The number of nitrogens with one attached hydrogen (secondary N) is 2. The van der Waals surface area contributed by atoms with Gasteiger partial charge in [-0.3, -0.25) is 9.59 Å². The van der Waals surface area contributed by atoms with Crippen LogP contribution >= 0.6 is 0 Å². The van der Waals surface area contributed by atoms with Crippen LogP contribution in [0.2, 0.25) is 0 Å². The number of rotatable bonds is 7. The van der Waals surface area contributed by atoms with Crippen LogP contribution in [0.5, 0.6) is 0 Å². The van der Waals surface area contributed by atoms with Crippen molar-refractivity contribution < 1.29 is 14.5 Å². The van der Waals surface area contributed by atoms with E-state index in [1.165, 1.54) is 0 Å². The van der Waals surface area contributed by atoms with Crippen molar-refractivity contribution >= 4 is 11.8 Å². The molecule has 5 nitrogen and oxygen atoms in total. The van der Waals surface area contributed by atoms with Gasteiger partial charge in [0, 0.05) is 14.1 Å². The summed E-state index contributed by atoms with van der Waals surface area (Å²) in [7, 11) is 5.31. The van der Waals surface area contributed by atoms with Gasteiger partial charge >= 0.3 is 0 Å². The lowest BCUT2D eigenvalue weighted by Crippen LogP contribution is -3.15. The normalized spacial score (nSPS) is 13.1. The van der Waals surface area contributed by atoms with Gasteiger partial charge in [-0.15, -0.1) is 0 Å². The second-order valence-corrected chi connectivity index (χ2v) is 6.80. The van der Waals surface area contributed by atoms with Crippen molar-refractivity contribution in [1.82, 2.24) is 10.2 Å². The average Bonchev–Trinajstić information content (AvgIpc) is 2.66. The van der Waals surface area contributed by atoms with Crippen LogP contribution in [0.25, 0.3) is 0 Å². The zero-order valence-corrected chi connectivity index (χ0v) is 15.9. The summed E-state index contributed by atoms with van der Waals surface area (Å²) in [5.74, 6) is -0.0726. The van der Waals surface area contributed by atoms with Gasteiger partial charge in [-0.2, -0.15) is 0 Å². The van der Waals surface area contributed by atoms with E-state index >= 15 is 0 Å². The molecule has 2 atom stereocenters.